The first kappa shape index (κ1) is 17.7. The third-order valence-electron chi connectivity index (χ3n) is 4.91. The van der Waals surface area contributed by atoms with Crippen molar-refractivity contribution >= 4 is 17.7 Å². The highest BCUT2D eigenvalue weighted by Crippen LogP contribution is 2.32. The molecular formula is C21H23N3O3. The maximum absolute atomic E-state index is 12.5. The largest absolute Gasteiger partial charge is 0.454 e. The lowest BCUT2D eigenvalue weighted by atomic mass is 10.1. The van der Waals surface area contributed by atoms with E-state index in [1.807, 2.05) is 42.5 Å². The zero-order valence-corrected chi connectivity index (χ0v) is 15.4. The summed E-state index contributed by atoms with van der Waals surface area (Å²) in [5, 5.41) is 0. The van der Waals surface area contributed by atoms with E-state index in [2.05, 4.69) is 21.8 Å². The molecule has 2 heterocycles. The maximum atomic E-state index is 12.5. The molecule has 0 amide bonds. The van der Waals surface area contributed by atoms with Crippen molar-refractivity contribution in [2.45, 2.75) is 0 Å². The van der Waals surface area contributed by atoms with Crippen LogP contribution in [0, 0.1) is 0 Å². The number of piperazine rings is 1. The molecule has 1 fully saturated rings. The van der Waals surface area contributed by atoms with Gasteiger partial charge in [0, 0.05) is 38.0 Å². The average Bonchev–Trinajstić information content (AvgIpc) is 3.16. The van der Waals surface area contributed by atoms with Crippen molar-refractivity contribution in [1.82, 2.24) is 9.80 Å². The number of Topliss-reactive ketones (excluding diaryl/α,β-unsaturated/α-hetero) is 1. The summed E-state index contributed by atoms with van der Waals surface area (Å²) >= 11 is 0. The molecule has 0 bridgehead atoms. The molecule has 0 atom stereocenters. The molecule has 2 aliphatic rings. The summed E-state index contributed by atoms with van der Waals surface area (Å²) in [6, 6.07) is 13.2. The molecule has 0 unspecified atom stereocenters. The predicted octanol–water partition coefficient (Wildman–Crippen LogP) is 2.60. The number of hydrogen-bond donors (Lipinski definition) is 0. The molecule has 140 valence electrons. The van der Waals surface area contributed by atoms with Crippen LogP contribution in [0.15, 0.2) is 47.5 Å². The molecule has 4 rings (SSSR count). The van der Waals surface area contributed by atoms with Crippen molar-refractivity contribution in [3.05, 3.63) is 53.6 Å². The number of carbonyl (C=O) groups excluding carboxylic acids is 1. The van der Waals surface area contributed by atoms with Gasteiger partial charge in [0.25, 0.3) is 0 Å². The molecule has 0 aromatic heterocycles. The Balaban J connectivity index is 1.36. The highest BCUT2D eigenvalue weighted by molar-refractivity contribution is 5.98. The van der Waals surface area contributed by atoms with Crippen LogP contribution in [0.4, 0.5) is 5.69 Å². The minimum atomic E-state index is 0.158. The number of nitrogens with zero attached hydrogens (tertiary/aromatic N) is 3. The van der Waals surface area contributed by atoms with Crippen LogP contribution in [0.5, 0.6) is 11.5 Å². The molecule has 0 radical (unpaired) electrons. The Bertz CT molecular complexity index is 840. The topological polar surface area (TPSA) is 54.4 Å². The summed E-state index contributed by atoms with van der Waals surface area (Å²) in [6.45, 7) is 4.66. The molecule has 0 N–H and O–H groups in total. The summed E-state index contributed by atoms with van der Waals surface area (Å²) in [7, 11) is 2.11. The van der Waals surface area contributed by atoms with Gasteiger partial charge >= 0.3 is 0 Å². The third-order valence-corrected chi connectivity index (χ3v) is 4.91. The van der Waals surface area contributed by atoms with Crippen molar-refractivity contribution < 1.29 is 14.3 Å². The van der Waals surface area contributed by atoms with Gasteiger partial charge in [-0.2, -0.15) is 0 Å². The lowest BCUT2D eigenvalue weighted by Gasteiger charge is -2.31. The van der Waals surface area contributed by atoms with E-state index in [1.165, 1.54) is 0 Å². The van der Waals surface area contributed by atoms with Gasteiger partial charge in [-0.3, -0.25) is 14.7 Å². The number of likely N-dealkylation sites (N-methyl/N-ethyl adjacent to an activating group) is 1. The van der Waals surface area contributed by atoms with Crippen LogP contribution in [0.2, 0.25) is 0 Å². The van der Waals surface area contributed by atoms with Gasteiger partial charge in [0.15, 0.2) is 17.3 Å². The first-order valence-electron chi connectivity index (χ1n) is 9.15. The van der Waals surface area contributed by atoms with E-state index in [9.17, 15) is 4.79 Å². The van der Waals surface area contributed by atoms with Crippen LogP contribution in [-0.4, -0.2) is 68.4 Å². The van der Waals surface area contributed by atoms with Crippen LogP contribution in [0.1, 0.15) is 15.9 Å². The van der Waals surface area contributed by atoms with Gasteiger partial charge in [0.05, 0.1) is 12.2 Å². The van der Waals surface area contributed by atoms with Crippen LogP contribution in [0.3, 0.4) is 0 Å². The smallest absolute Gasteiger partial charge is 0.231 e. The number of fused-ring (bicyclic) bond motifs is 1. The Morgan fingerprint density at radius 2 is 1.78 bits per heavy atom. The molecule has 27 heavy (non-hydrogen) atoms. The van der Waals surface area contributed by atoms with E-state index in [4.69, 9.17) is 9.47 Å². The number of ether oxygens (including phenoxy) is 2. The molecule has 2 aromatic carbocycles. The Morgan fingerprint density at radius 1 is 1.04 bits per heavy atom. The van der Waals surface area contributed by atoms with Gasteiger partial charge in [0.1, 0.15) is 0 Å². The molecule has 2 aliphatic heterocycles. The van der Waals surface area contributed by atoms with Crippen LogP contribution in [0.25, 0.3) is 0 Å². The van der Waals surface area contributed by atoms with Crippen LogP contribution >= 0.6 is 0 Å². The summed E-state index contributed by atoms with van der Waals surface area (Å²) in [4.78, 5) is 21.5. The first-order valence-corrected chi connectivity index (χ1v) is 9.15. The van der Waals surface area contributed by atoms with Gasteiger partial charge in [-0.1, -0.05) is 0 Å². The average molecular weight is 365 g/mol. The molecule has 0 saturated carbocycles. The highest BCUT2D eigenvalue weighted by atomic mass is 16.7. The second-order valence-corrected chi connectivity index (χ2v) is 6.92. The lowest BCUT2D eigenvalue weighted by molar-refractivity contribution is 0.0876. The van der Waals surface area contributed by atoms with Crippen molar-refractivity contribution in [1.29, 1.82) is 0 Å². The van der Waals surface area contributed by atoms with Crippen molar-refractivity contribution in [3.8, 4) is 11.5 Å². The molecular weight excluding hydrogens is 342 g/mol. The second kappa shape index (κ2) is 7.90. The van der Waals surface area contributed by atoms with E-state index in [-0.39, 0.29) is 12.6 Å². The minimum absolute atomic E-state index is 0.158. The molecule has 0 spiro atoms. The van der Waals surface area contributed by atoms with E-state index < -0.39 is 0 Å². The van der Waals surface area contributed by atoms with Crippen molar-refractivity contribution in [2.75, 3.05) is 46.6 Å². The number of carbonyl (C=O) groups is 1. The van der Waals surface area contributed by atoms with Crippen molar-refractivity contribution in [3.63, 3.8) is 0 Å². The summed E-state index contributed by atoms with van der Waals surface area (Å²) in [6.07, 6.45) is 1.78. The molecule has 1 saturated heterocycles. The summed E-state index contributed by atoms with van der Waals surface area (Å²) in [5.41, 5.74) is 2.48. The molecule has 0 aliphatic carbocycles. The summed E-state index contributed by atoms with van der Waals surface area (Å²) in [5.74, 6) is 1.66. The summed E-state index contributed by atoms with van der Waals surface area (Å²) < 4.78 is 10.7. The fourth-order valence-electron chi connectivity index (χ4n) is 3.18. The van der Waals surface area contributed by atoms with E-state index >= 15 is 0 Å². The SMILES string of the molecule is CN1CCN(CC(=O)c2ccc(N=Cc3ccc4c(c3)OCO4)cc2)CC1. The number of hydrogen-bond acceptors (Lipinski definition) is 6. The minimum Gasteiger partial charge on any atom is -0.454 e. The third kappa shape index (κ3) is 4.35. The van der Waals surface area contributed by atoms with E-state index in [0.29, 0.717) is 6.54 Å². The highest BCUT2D eigenvalue weighted by Gasteiger charge is 2.17. The number of ketones is 1. The van der Waals surface area contributed by atoms with E-state index in [0.717, 1.165) is 54.5 Å². The standard InChI is InChI=1S/C21H23N3O3/c1-23-8-10-24(11-9-23)14-19(25)17-3-5-18(6-4-17)22-13-16-2-7-20-21(12-16)27-15-26-20/h2-7,12-13H,8-11,14-15H2,1H3. The lowest BCUT2D eigenvalue weighted by Crippen LogP contribution is -2.46. The second-order valence-electron chi connectivity index (χ2n) is 6.92. The van der Waals surface area contributed by atoms with Gasteiger partial charge in [-0.25, -0.2) is 0 Å². The maximum Gasteiger partial charge on any atom is 0.231 e. The van der Waals surface area contributed by atoms with Crippen LogP contribution < -0.4 is 9.47 Å². The predicted molar refractivity (Wildman–Crippen MR) is 105 cm³/mol. The van der Waals surface area contributed by atoms with Crippen LogP contribution in [-0.2, 0) is 0 Å². The molecule has 2 aromatic rings. The Hall–Kier alpha value is -2.70. The molecule has 6 heteroatoms. The quantitative estimate of drug-likeness (QED) is 0.602. The van der Waals surface area contributed by atoms with Crippen molar-refractivity contribution in [2.24, 2.45) is 4.99 Å². The number of benzene rings is 2. The normalized spacial score (nSPS) is 17.5. The number of rotatable bonds is 5. The molecule has 6 nitrogen and oxygen atoms in total. The Morgan fingerprint density at radius 3 is 2.56 bits per heavy atom. The zero-order valence-electron chi connectivity index (χ0n) is 15.4. The number of aliphatic imine (C=N–C) groups is 1. The van der Waals surface area contributed by atoms with Gasteiger partial charge in [-0.15, -0.1) is 0 Å². The van der Waals surface area contributed by atoms with E-state index in [1.54, 1.807) is 6.21 Å². The fourth-order valence-corrected chi connectivity index (χ4v) is 3.18. The van der Waals surface area contributed by atoms with Gasteiger partial charge in [0.2, 0.25) is 6.79 Å². The monoisotopic (exact) mass is 365 g/mol. The fraction of sp³-hybridized carbons (Fsp3) is 0.333. The van der Waals surface area contributed by atoms with Gasteiger partial charge < -0.3 is 14.4 Å². The first-order chi connectivity index (χ1) is 13.2. The van der Waals surface area contributed by atoms with Gasteiger partial charge in [-0.05, 0) is 55.1 Å². The Labute approximate surface area is 159 Å². The Kier molecular flexibility index (Phi) is 5.18. The zero-order chi connectivity index (χ0) is 18.6.